The number of piperazine rings is 1. The van der Waals surface area contributed by atoms with Gasteiger partial charge in [-0.25, -0.2) is 4.68 Å². The molecule has 0 radical (unpaired) electrons. The predicted molar refractivity (Wildman–Crippen MR) is 134 cm³/mol. The van der Waals surface area contributed by atoms with Gasteiger partial charge in [-0.05, 0) is 65.6 Å². The zero-order chi connectivity index (χ0) is 24.3. The highest BCUT2D eigenvalue weighted by atomic mass is 16.7. The first-order valence-corrected chi connectivity index (χ1v) is 13.1. The number of rotatable bonds is 8. The van der Waals surface area contributed by atoms with E-state index in [1.54, 1.807) is 0 Å². The van der Waals surface area contributed by atoms with Crippen LogP contribution in [0, 0.1) is 0 Å². The highest BCUT2D eigenvalue weighted by molar-refractivity contribution is 5.44. The molecular weight excluding hydrogens is 456 g/mol. The van der Waals surface area contributed by atoms with Gasteiger partial charge in [-0.15, -0.1) is 5.10 Å². The minimum atomic E-state index is -0.0320. The van der Waals surface area contributed by atoms with Crippen LogP contribution in [-0.4, -0.2) is 75.6 Å². The van der Waals surface area contributed by atoms with Gasteiger partial charge in [0.1, 0.15) is 5.75 Å². The number of nitrogens with zero attached hydrogens (tertiary/aromatic N) is 6. The molecule has 3 heterocycles. The normalized spacial score (nSPS) is 19.6. The van der Waals surface area contributed by atoms with Gasteiger partial charge in [-0.1, -0.05) is 31.0 Å². The lowest BCUT2D eigenvalue weighted by Crippen LogP contribution is -2.51. The Morgan fingerprint density at radius 1 is 0.972 bits per heavy atom. The molecule has 1 atom stereocenters. The van der Waals surface area contributed by atoms with Gasteiger partial charge in [0, 0.05) is 32.2 Å². The van der Waals surface area contributed by atoms with Gasteiger partial charge in [-0.2, -0.15) is 0 Å². The Hall–Kier alpha value is -3.17. The third-order valence-corrected chi connectivity index (χ3v) is 7.64. The van der Waals surface area contributed by atoms with E-state index in [0.717, 1.165) is 60.9 Å². The molecule has 1 unspecified atom stereocenters. The van der Waals surface area contributed by atoms with Gasteiger partial charge in [0.25, 0.3) is 0 Å². The molecule has 1 saturated heterocycles. The SMILES string of the molecule is CCOc1ccc(C(c2nnnn2Cc2ccc3c(c2)OCO3)N2CCN(C3CCCC3)CC2)cc1. The smallest absolute Gasteiger partial charge is 0.231 e. The summed E-state index contributed by atoms with van der Waals surface area (Å²) in [7, 11) is 0. The highest BCUT2D eigenvalue weighted by Gasteiger charge is 2.33. The van der Waals surface area contributed by atoms with Crippen LogP contribution in [0.25, 0.3) is 0 Å². The average Bonchev–Trinajstić information content (AvgIpc) is 3.69. The van der Waals surface area contributed by atoms with Crippen LogP contribution in [0.3, 0.4) is 0 Å². The van der Waals surface area contributed by atoms with Crippen molar-refractivity contribution in [3.8, 4) is 17.2 Å². The van der Waals surface area contributed by atoms with Gasteiger partial charge >= 0.3 is 0 Å². The van der Waals surface area contributed by atoms with Gasteiger partial charge in [0.2, 0.25) is 6.79 Å². The largest absolute Gasteiger partial charge is 0.494 e. The van der Waals surface area contributed by atoms with Crippen molar-refractivity contribution in [1.82, 2.24) is 30.0 Å². The Balaban J connectivity index is 1.27. The summed E-state index contributed by atoms with van der Waals surface area (Å²) in [5.74, 6) is 3.29. The van der Waals surface area contributed by atoms with E-state index in [9.17, 15) is 0 Å². The van der Waals surface area contributed by atoms with Crippen molar-refractivity contribution >= 4 is 0 Å². The summed E-state index contributed by atoms with van der Waals surface area (Å²) in [5.41, 5.74) is 2.25. The summed E-state index contributed by atoms with van der Waals surface area (Å²) in [4.78, 5) is 5.22. The second-order valence-electron chi connectivity index (χ2n) is 9.80. The molecule has 0 amide bonds. The number of tetrazole rings is 1. The number of ether oxygens (including phenoxy) is 3. The molecule has 1 aromatic heterocycles. The number of hydrogen-bond acceptors (Lipinski definition) is 8. The van der Waals surface area contributed by atoms with E-state index in [-0.39, 0.29) is 12.8 Å². The van der Waals surface area contributed by atoms with Crippen molar-refractivity contribution in [2.45, 2.75) is 51.2 Å². The molecule has 1 saturated carbocycles. The number of fused-ring (bicyclic) bond motifs is 1. The van der Waals surface area contributed by atoms with Crippen LogP contribution < -0.4 is 14.2 Å². The van der Waals surface area contributed by atoms with E-state index in [1.807, 2.05) is 41.9 Å². The van der Waals surface area contributed by atoms with Gasteiger partial charge < -0.3 is 14.2 Å². The third-order valence-electron chi connectivity index (χ3n) is 7.64. The lowest BCUT2D eigenvalue weighted by molar-refractivity contribution is 0.0771. The molecule has 2 fully saturated rings. The zero-order valence-electron chi connectivity index (χ0n) is 20.9. The van der Waals surface area contributed by atoms with E-state index in [1.165, 1.54) is 31.2 Å². The Kier molecular flexibility index (Phi) is 6.74. The summed E-state index contributed by atoms with van der Waals surface area (Å²) < 4.78 is 18.7. The molecule has 9 nitrogen and oxygen atoms in total. The Labute approximate surface area is 211 Å². The lowest BCUT2D eigenvalue weighted by Gasteiger charge is -2.41. The molecular formula is C27H34N6O3. The van der Waals surface area contributed by atoms with Gasteiger partial charge in [0.05, 0.1) is 19.2 Å². The summed E-state index contributed by atoms with van der Waals surface area (Å²) in [5, 5.41) is 13.0. The minimum absolute atomic E-state index is 0.0320. The van der Waals surface area contributed by atoms with Crippen molar-refractivity contribution in [1.29, 1.82) is 0 Å². The molecule has 0 spiro atoms. The molecule has 2 aliphatic heterocycles. The third kappa shape index (κ3) is 4.77. The number of hydrogen-bond donors (Lipinski definition) is 0. The maximum atomic E-state index is 5.70. The fourth-order valence-electron chi connectivity index (χ4n) is 5.80. The molecule has 0 bridgehead atoms. The van der Waals surface area contributed by atoms with Crippen molar-refractivity contribution in [2.75, 3.05) is 39.6 Å². The van der Waals surface area contributed by atoms with Crippen molar-refractivity contribution in [2.24, 2.45) is 0 Å². The molecule has 2 aromatic carbocycles. The predicted octanol–water partition coefficient (Wildman–Crippen LogP) is 3.50. The van der Waals surface area contributed by atoms with Crippen molar-refractivity contribution < 1.29 is 14.2 Å². The minimum Gasteiger partial charge on any atom is -0.494 e. The summed E-state index contributed by atoms with van der Waals surface area (Å²) in [6.07, 6.45) is 5.43. The van der Waals surface area contributed by atoms with E-state index in [4.69, 9.17) is 14.2 Å². The Morgan fingerprint density at radius 2 is 1.75 bits per heavy atom. The quantitative estimate of drug-likeness (QED) is 0.475. The van der Waals surface area contributed by atoms with Crippen LogP contribution in [-0.2, 0) is 6.54 Å². The lowest BCUT2D eigenvalue weighted by atomic mass is 10.0. The van der Waals surface area contributed by atoms with Crippen LogP contribution in [0.1, 0.15) is 55.6 Å². The molecule has 190 valence electrons. The van der Waals surface area contributed by atoms with Crippen LogP contribution in [0.2, 0.25) is 0 Å². The topological polar surface area (TPSA) is 77.8 Å². The van der Waals surface area contributed by atoms with E-state index < -0.39 is 0 Å². The standard InChI is InChI=1S/C27H34N6O3/c1-2-34-23-10-8-21(9-11-23)26(32-15-13-31(14-16-32)22-5-3-4-6-22)27-28-29-30-33(27)18-20-7-12-24-25(17-20)36-19-35-24/h7-12,17,22,26H,2-6,13-16,18-19H2,1H3. The maximum absolute atomic E-state index is 5.70. The molecule has 0 N–H and O–H groups in total. The maximum Gasteiger partial charge on any atom is 0.231 e. The summed E-state index contributed by atoms with van der Waals surface area (Å²) >= 11 is 0. The molecule has 3 aromatic rings. The fraction of sp³-hybridized carbons (Fsp3) is 0.519. The van der Waals surface area contributed by atoms with E-state index in [2.05, 4.69) is 37.5 Å². The second kappa shape index (κ2) is 10.4. The molecule has 9 heteroatoms. The first kappa shape index (κ1) is 23.2. The van der Waals surface area contributed by atoms with Crippen molar-refractivity contribution in [3.63, 3.8) is 0 Å². The second-order valence-corrected chi connectivity index (χ2v) is 9.80. The van der Waals surface area contributed by atoms with Gasteiger partial charge in [-0.3, -0.25) is 9.80 Å². The average molecular weight is 491 g/mol. The fourth-order valence-corrected chi connectivity index (χ4v) is 5.80. The van der Waals surface area contributed by atoms with Crippen LogP contribution in [0.15, 0.2) is 42.5 Å². The highest BCUT2D eigenvalue weighted by Crippen LogP contribution is 2.34. The number of benzene rings is 2. The Bertz CT molecular complexity index is 1150. The van der Waals surface area contributed by atoms with E-state index >= 15 is 0 Å². The first-order chi connectivity index (χ1) is 17.8. The van der Waals surface area contributed by atoms with Crippen LogP contribution >= 0.6 is 0 Å². The van der Waals surface area contributed by atoms with Crippen LogP contribution in [0.5, 0.6) is 17.2 Å². The van der Waals surface area contributed by atoms with Crippen LogP contribution in [0.4, 0.5) is 0 Å². The first-order valence-electron chi connectivity index (χ1n) is 13.1. The molecule has 1 aliphatic carbocycles. The molecule has 36 heavy (non-hydrogen) atoms. The monoisotopic (exact) mass is 490 g/mol. The zero-order valence-corrected chi connectivity index (χ0v) is 20.9. The van der Waals surface area contributed by atoms with Gasteiger partial charge in [0.15, 0.2) is 17.3 Å². The number of aromatic nitrogens is 4. The summed E-state index contributed by atoms with van der Waals surface area (Å²) in [6.45, 7) is 7.64. The molecule has 3 aliphatic rings. The Morgan fingerprint density at radius 3 is 2.53 bits per heavy atom. The summed E-state index contributed by atoms with van der Waals surface area (Å²) in [6, 6.07) is 15.1. The van der Waals surface area contributed by atoms with E-state index in [0.29, 0.717) is 13.2 Å². The molecule has 6 rings (SSSR count). The van der Waals surface area contributed by atoms with Crippen molar-refractivity contribution in [3.05, 3.63) is 59.4 Å².